The first-order chi connectivity index (χ1) is 6.65. The first kappa shape index (κ1) is 11.0. The van der Waals surface area contributed by atoms with Crippen LogP contribution in [0.2, 0.25) is 0 Å². The van der Waals surface area contributed by atoms with Gasteiger partial charge >= 0.3 is 5.97 Å². The highest BCUT2D eigenvalue weighted by Crippen LogP contribution is 2.01. The maximum Gasteiger partial charge on any atom is 0.360 e. The summed E-state index contributed by atoms with van der Waals surface area (Å²) in [5.74, 6) is -1.10. The molecule has 1 heterocycles. The molecule has 1 aliphatic rings. The van der Waals surface area contributed by atoms with Crippen LogP contribution in [-0.4, -0.2) is 57.3 Å². The summed E-state index contributed by atoms with van der Waals surface area (Å²) in [5, 5.41) is 2.88. The van der Waals surface area contributed by atoms with Gasteiger partial charge in [0, 0.05) is 19.6 Å². The van der Waals surface area contributed by atoms with E-state index in [2.05, 4.69) is 15.1 Å². The van der Waals surface area contributed by atoms with Crippen LogP contribution < -0.4 is 5.32 Å². The number of hydrogen-bond donors (Lipinski definition) is 1. The van der Waals surface area contributed by atoms with Crippen LogP contribution in [0, 0.1) is 0 Å². The molecule has 0 aromatic carbocycles. The van der Waals surface area contributed by atoms with Gasteiger partial charge in [0.2, 0.25) is 7.85 Å². The standard InChI is InChI=1S/C7H11BN2O4/c1-13-14-6(11)5-4-10(7(8)12)3-2-9-5/h5,9H,2-4H2,1H3/t5-/m1/s1. The average Bonchev–Trinajstić information content (AvgIpc) is 2.18. The summed E-state index contributed by atoms with van der Waals surface area (Å²) in [5.41, 5.74) is 0. The van der Waals surface area contributed by atoms with Crippen molar-refractivity contribution >= 4 is 19.6 Å². The lowest BCUT2D eigenvalue weighted by molar-refractivity contribution is -0.257. The SMILES string of the molecule is [B]C(=O)N1CCN[C@@H](C(=O)OOC)C1. The summed E-state index contributed by atoms with van der Waals surface area (Å²) in [7, 11) is 6.32. The van der Waals surface area contributed by atoms with E-state index in [0.29, 0.717) is 13.1 Å². The van der Waals surface area contributed by atoms with Crippen LogP contribution in [0.4, 0.5) is 4.79 Å². The Labute approximate surface area is 82.9 Å². The Kier molecular flexibility index (Phi) is 3.90. The van der Waals surface area contributed by atoms with Crippen LogP contribution in [0.1, 0.15) is 0 Å². The molecule has 1 aliphatic heterocycles. The zero-order valence-corrected chi connectivity index (χ0v) is 7.86. The van der Waals surface area contributed by atoms with Crippen molar-refractivity contribution in [3.05, 3.63) is 0 Å². The Balaban J connectivity index is 2.47. The van der Waals surface area contributed by atoms with Crippen molar-refractivity contribution in [1.29, 1.82) is 0 Å². The summed E-state index contributed by atoms with van der Waals surface area (Å²) >= 11 is 0. The molecule has 0 unspecified atom stereocenters. The lowest BCUT2D eigenvalue weighted by atomic mass is 10.1. The Morgan fingerprint density at radius 1 is 1.57 bits per heavy atom. The Morgan fingerprint density at radius 2 is 2.29 bits per heavy atom. The third-order valence-electron chi connectivity index (χ3n) is 1.94. The van der Waals surface area contributed by atoms with Crippen molar-refractivity contribution in [2.45, 2.75) is 6.04 Å². The second kappa shape index (κ2) is 4.97. The molecule has 76 valence electrons. The third kappa shape index (κ3) is 2.71. The lowest BCUT2D eigenvalue weighted by Crippen LogP contribution is -2.55. The molecule has 0 bridgehead atoms. The van der Waals surface area contributed by atoms with E-state index in [4.69, 9.17) is 7.85 Å². The summed E-state index contributed by atoms with van der Waals surface area (Å²) in [6, 6.07) is -0.573. The van der Waals surface area contributed by atoms with Crippen LogP contribution in [-0.2, 0) is 14.6 Å². The van der Waals surface area contributed by atoms with Crippen molar-refractivity contribution in [3.63, 3.8) is 0 Å². The van der Waals surface area contributed by atoms with Gasteiger partial charge in [-0.15, -0.1) is 0 Å². The molecule has 7 heteroatoms. The molecule has 2 radical (unpaired) electrons. The second-order valence-corrected chi connectivity index (χ2v) is 2.86. The lowest BCUT2D eigenvalue weighted by Gasteiger charge is -2.31. The van der Waals surface area contributed by atoms with Gasteiger partial charge in [-0.2, -0.15) is 4.89 Å². The Bertz CT molecular complexity index is 236. The van der Waals surface area contributed by atoms with Crippen molar-refractivity contribution in [2.24, 2.45) is 0 Å². The molecule has 1 atom stereocenters. The first-order valence-electron chi connectivity index (χ1n) is 4.17. The van der Waals surface area contributed by atoms with Gasteiger partial charge in [-0.1, -0.05) is 0 Å². The molecule has 1 rings (SSSR count). The normalized spacial score (nSPS) is 21.8. The van der Waals surface area contributed by atoms with Gasteiger partial charge in [0.15, 0.2) is 5.81 Å². The van der Waals surface area contributed by atoms with Gasteiger partial charge in [-0.25, -0.2) is 4.79 Å². The number of hydrogen-bond acceptors (Lipinski definition) is 5. The predicted octanol–water partition coefficient (Wildman–Crippen LogP) is -1.35. The molecular weight excluding hydrogens is 187 g/mol. The van der Waals surface area contributed by atoms with E-state index in [1.807, 2.05) is 0 Å². The van der Waals surface area contributed by atoms with Crippen molar-refractivity contribution < 1.29 is 19.4 Å². The minimum absolute atomic E-state index is 0.206. The van der Waals surface area contributed by atoms with Gasteiger partial charge in [0.25, 0.3) is 0 Å². The van der Waals surface area contributed by atoms with Gasteiger partial charge in [0.1, 0.15) is 6.04 Å². The fourth-order valence-electron chi connectivity index (χ4n) is 1.25. The molecule has 6 nitrogen and oxygen atoms in total. The van der Waals surface area contributed by atoms with E-state index in [9.17, 15) is 9.59 Å². The summed E-state index contributed by atoms with van der Waals surface area (Å²) in [6.07, 6.45) is 0. The van der Waals surface area contributed by atoms with E-state index < -0.39 is 17.8 Å². The smallest absolute Gasteiger partial charge is 0.349 e. The van der Waals surface area contributed by atoms with Crippen LogP contribution >= 0.6 is 0 Å². The number of amides is 1. The number of carbonyl (C=O) groups is 2. The quantitative estimate of drug-likeness (QED) is 0.337. The fraction of sp³-hybridized carbons (Fsp3) is 0.714. The second-order valence-electron chi connectivity index (χ2n) is 2.86. The number of nitrogens with zero attached hydrogens (tertiary/aromatic N) is 1. The molecule has 0 spiro atoms. The zero-order chi connectivity index (χ0) is 10.6. The molecular formula is C7H11BN2O4. The average molecular weight is 198 g/mol. The van der Waals surface area contributed by atoms with Gasteiger partial charge in [0.05, 0.1) is 7.11 Å². The highest BCUT2D eigenvalue weighted by Gasteiger charge is 2.27. The first-order valence-corrected chi connectivity index (χ1v) is 4.17. The van der Waals surface area contributed by atoms with Gasteiger partial charge < -0.3 is 10.2 Å². The predicted molar refractivity (Wildman–Crippen MR) is 47.6 cm³/mol. The topological polar surface area (TPSA) is 67.9 Å². The van der Waals surface area contributed by atoms with Crippen molar-refractivity contribution in [3.8, 4) is 0 Å². The molecule has 0 aromatic heterocycles. The summed E-state index contributed by atoms with van der Waals surface area (Å²) < 4.78 is 0. The Morgan fingerprint density at radius 3 is 2.86 bits per heavy atom. The summed E-state index contributed by atoms with van der Waals surface area (Å²) in [6.45, 7) is 1.20. The number of rotatable bonds is 2. The van der Waals surface area contributed by atoms with E-state index >= 15 is 0 Å². The fourth-order valence-corrected chi connectivity index (χ4v) is 1.25. The summed E-state index contributed by atoms with van der Waals surface area (Å²) in [4.78, 5) is 31.9. The van der Waals surface area contributed by atoms with Crippen molar-refractivity contribution in [2.75, 3.05) is 26.7 Å². The van der Waals surface area contributed by atoms with E-state index in [1.165, 1.54) is 12.0 Å². The van der Waals surface area contributed by atoms with Gasteiger partial charge in [-0.05, 0) is 0 Å². The Hall–Kier alpha value is -1.08. The highest BCUT2D eigenvalue weighted by molar-refractivity contribution is 6.56. The number of piperazine rings is 1. The molecule has 1 N–H and O–H groups in total. The number of nitrogens with one attached hydrogen (secondary N) is 1. The number of carbonyl (C=O) groups excluding carboxylic acids is 2. The van der Waals surface area contributed by atoms with E-state index in [0.717, 1.165) is 0 Å². The minimum atomic E-state index is -0.573. The van der Waals surface area contributed by atoms with Crippen LogP contribution in [0.3, 0.4) is 0 Å². The third-order valence-corrected chi connectivity index (χ3v) is 1.94. The van der Waals surface area contributed by atoms with Crippen molar-refractivity contribution in [1.82, 2.24) is 10.2 Å². The molecule has 0 aromatic rings. The molecule has 14 heavy (non-hydrogen) atoms. The van der Waals surface area contributed by atoms with Crippen LogP contribution in [0.5, 0.6) is 0 Å². The van der Waals surface area contributed by atoms with E-state index in [-0.39, 0.29) is 6.54 Å². The molecule has 1 amide bonds. The maximum atomic E-state index is 11.2. The molecule has 1 saturated heterocycles. The maximum absolute atomic E-state index is 11.2. The minimum Gasteiger partial charge on any atom is -0.349 e. The molecule has 0 saturated carbocycles. The largest absolute Gasteiger partial charge is 0.360 e. The van der Waals surface area contributed by atoms with Crippen LogP contribution in [0.15, 0.2) is 0 Å². The van der Waals surface area contributed by atoms with Gasteiger partial charge in [-0.3, -0.25) is 9.68 Å². The van der Waals surface area contributed by atoms with E-state index in [1.54, 1.807) is 0 Å². The monoisotopic (exact) mass is 198 g/mol. The highest BCUT2D eigenvalue weighted by atomic mass is 17.2. The molecule has 1 fully saturated rings. The van der Waals surface area contributed by atoms with Crippen LogP contribution in [0.25, 0.3) is 0 Å². The zero-order valence-electron chi connectivity index (χ0n) is 7.86. The molecule has 0 aliphatic carbocycles.